The summed E-state index contributed by atoms with van der Waals surface area (Å²) >= 11 is 0. The summed E-state index contributed by atoms with van der Waals surface area (Å²) in [4.78, 5) is 23.6. The highest BCUT2D eigenvalue weighted by molar-refractivity contribution is 5.77. The lowest BCUT2D eigenvalue weighted by atomic mass is 9.96. The number of piperazine rings is 1. The van der Waals surface area contributed by atoms with E-state index in [1.807, 2.05) is 12.1 Å². The number of aliphatic hydroxyl groups is 1. The molecule has 0 aromatic carbocycles. The lowest BCUT2D eigenvalue weighted by molar-refractivity contribution is -0.272. The van der Waals surface area contributed by atoms with Crippen molar-refractivity contribution >= 4 is 5.91 Å². The van der Waals surface area contributed by atoms with Gasteiger partial charge in [-0.2, -0.15) is 13.2 Å². The molecule has 1 fully saturated rings. The molecule has 3 heterocycles. The van der Waals surface area contributed by atoms with Crippen LogP contribution in [0.5, 0.6) is 0 Å². The first-order chi connectivity index (χ1) is 13.2. The molecule has 1 aliphatic heterocycles. The fourth-order valence-corrected chi connectivity index (χ4v) is 3.30. The Bertz CT molecular complexity index is 803. The maximum atomic E-state index is 13.6. The smallest absolute Gasteiger partial charge is 0.374 e. The second-order valence-corrected chi connectivity index (χ2v) is 6.91. The summed E-state index contributed by atoms with van der Waals surface area (Å²) in [6.07, 6.45) is -0.255. The Balaban J connectivity index is 1.63. The van der Waals surface area contributed by atoms with E-state index in [1.165, 1.54) is 18.1 Å². The second-order valence-electron chi connectivity index (χ2n) is 6.91. The minimum absolute atomic E-state index is 0.304. The highest BCUT2D eigenvalue weighted by Gasteiger charge is 2.59. The average Bonchev–Trinajstić information content (AvgIpc) is 3.08. The van der Waals surface area contributed by atoms with Crippen molar-refractivity contribution in [2.24, 2.45) is 7.05 Å². The monoisotopic (exact) mass is 397 g/mol. The van der Waals surface area contributed by atoms with E-state index < -0.39 is 29.9 Å². The molecule has 0 saturated carbocycles. The highest BCUT2D eigenvalue weighted by Crippen LogP contribution is 2.41. The summed E-state index contributed by atoms with van der Waals surface area (Å²) in [5, 5.41) is 10.4. The van der Waals surface area contributed by atoms with Gasteiger partial charge in [-0.15, -0.1) is 0 Å². The maximum absolute atomic E-state index is 13.6. The van der Waals surface area contributed by atoms with Crippen LogP contribution in [0.2, 0.25) is 0 Å². The van der Waals surface area contributed by atoms with Crippen molar-refractivity contribution in [1.29, 1.82) is 0 Å². The van der Waals surface area contributed by atoms with Gasteiger partial charge in [0.2, 0.25) is 11.5 Å². The number of rotatable bonds is 5. The van der Waals surface area contributed by atoms with Gasteiger partial charge in [0.05, 0.1) is 6.42 Å². The van der Waals surface area contributed by atoms with Crippen LogP contribution in [0.15, 0.2) is 36.9 Å². The Morgan fingerprint density at radius 2 is 1.79 bits per heavy atom. The number of amides is 1. The molecule has 2 aromatic heterocycles. The summed E-state index contributed by atoms with van der Waals surface area (Å²) in [6, 6.07) is 3.79. The predicted molar refractivity (Wildman–Crippen MR) is 93.9 cm³/mol. The van der Waals surface area contributed by atoms with Crippen LogP contribution < -0.4 is 0 Å². The van der Waals surface area contributed by atoms with E-state index in [2.05, 4.69) is 14.9 Å². The van der Waals surface area contributed by atoms with Crippen molar-refractivity contribution in [3.63, 3.8) is 0 Å². The van der Waals surface area contributed by atoms with Gasteiger partial charge in [0.15, 0.2) is 5.82 Å². The van der Waals surface area contributed by atoms with E-state index in [0.29, 0.717) is 32.7 Å². The fraction of sp³-hybridized carbons (Fsp3) is 0.500. The number of halogens is 3. The van der Waals surface area contributed by atoms with E-state index >= 15 is 0 Å². The predicted octanol–water partition coefficient (Wildman–Crippen LogP) is 1.30. The van der Waals surface area contributed by atoms with Gasteiger partial charge in [-0.05, 0) is 17.7 Å². The lowest BCUT2D eigenvalue weighted by Gasteiger charge is -2.37. The maximum Gasteiger partial charge on any atom is 0.425 e. The van der Waals surface area contributed by atoms with Crippen molar-refractivity contribution < 1.29 is 23.1 Å². The van der Waals surface area contributed by atoms with E-state index in [0.717, 1.165) is 16.3 Å². The number of aromatic nitrogens is 3. The molecule has 1 saturated heterocycles. The average molecular weight is 397 g/mol. The summed E-state index contributed by atoms with van der Waals surface area (Å²) in [5.41, 5.74) is -2.24. The molecule has 1 unspecified atom stereocenters. The quantitative estimate of drug-likeness (QED) is 0.823. The van der Waals surface area contributed by atoms with Crippen LogP contribution in [0.4, 0.5) is 13.2 Å². The molecule has 1 aliphatic rings. The molecule has 0 spiro atoms. The highest BCUT2D eigenvalue weighted by atomic mass is 19.4. The molecule has 1 atom stereocenters. The first-order valence-corrected chi connectivity index (χ1v) is 8.86. The zero-order chi connectivity index (χ0) is 20.4. The number of pyridine rings is 1. The van der Waals surface area contributed by atoms with Gasteiger partial charge in [0.1, 0.15) is 0 Å². The van der Waals surface area contributed by atoms with Crippen molar-refractivity contribution in [2.45, 2.75) is 24.7 Å². The van der Waals surface area contributed by atoms with Gasteiger partial charge in [0.25, 0.3) is 0 Å². The van der Waals surface area contributed by atoms with Crippen molar-refractivity contribution in [3.8, 4) is 0 Å². The van der Waals surface area contributed by atoms with E-state index in [9.17, 15) is 23.1 Å². The Labute approximate surface area is 160 Å². The summed E-state index contributed by atoms with van der Waals surface area (Å²) in [6.45, 7) is 2.38. The number of carbonyl (C=O) groups excluding carboxylic acids is 1. The zero-order valence-electron chi connectivity index (χ0n) is 15.4. The first-order valence-electron chi connectivity index (χ1n) is 8.86. The number of carbonyl (C=O) groups is 1. The number of hydrogen-bond donors (Lipinski definition) is 1. The van der Waals surface area contributed by atoms with Gasteiger partial charge >= 0.3 is 6.18 Å². The molecule has 0 aliphatic carbocycles. The Hall–Kier alpha value is -2.46. The molecule has 152 valence electrons. The lowest BCUT2D eigenvalue weighted by Crippen LogP contribution is -2.52. The van der Waals surface area contributed by atoms with Crippen molar-refractivity contribution in [1.82, 2.24) is 24.3 Å². The molecule has 3 rings (SSSR count). The van der Waals surface area contributed by atoms with Crippen molar-refractivity contribution in [2.75, 3.05) is 26.2 Å². The molecule has 1 amide bonds. The molecule has 10 heteroatoms. The summed E-state index contributed by atoms with van der Waals surface area (Å²) in [7, 11) is 1.35. The molecule has 0 bridgehead atoms. The Morgan fingerprint density at radius 3 is 2.32 bits per heavy atom. The van der Waals surface area contributed by atoms with Crippen LogP contribution in [-0.4, -0.2) is 67.7 Å². The molecule has 1 N–H and O–H groups in total. The van der Waals surface area contributed by atoms with Crippen LogP contribution >= 0.6 is 0 Å². The van der Waals surface area contributed by atoms with E-state index in [1.54, 1.807) is 12.4 Å². The van der Waals surface area contributed by atoms with Gasteiger partial charge in [0, 0.05) is 64.6 Å². The number of nitrogens with zero attached hydrogens (tertiary/aromatic N) is 5. The van der Waals surface area contributed by atoms with Gasteiger partial charge in [-0.25, -0.2) is 4.98 Å². The van der Waals surface area contributed by atoms with Gasteiger partial charge in [-0.1, -0.05) is 0 Å². The third-order valence-electron chi connectivity index (χ3n) is 4.95. The molecular weight excluding hydrogens is 375 g/mol. The SMILES string of the molecule is Cn1ccnc1C(O)(CC(=O)N1CCN(Cc2ccncc2)CC1)C(F)(F)F. The summed E-state index contributed by atoms with van der Waals surface area (Å²) < 4.78 is 41.9. The topological polar surface area (TPSA) is 74.5 Å². The van der Waals surface area contributed by atoms with Crippen LogP contribution in [-0.2, 0) is 24.0 Å². The third-order valence-corrected chi connectivity index (χ3v) is 4.95. The standard InChI is InChI=1S/C18H22F3N5O2/c1-24-7-6-23-16(24)17(28,18(19,20)21)12-15(27)26-10-8-25(9-11-26)13-14-2-4-22-5-3-14/h2-7,28H,8-13H2,1H3. The molecule has 7 nitrogen and oxygen atoms in total. The number of alkyl halides is 3. The van der Waals surface area contributed by atoms with E-state index in [4.69, 9.17) is 0 Å². The Kier molecular flexibility index (Phi) is 5.71. The zero-order valence-corrected chi connectivity index (χ0v) is 15.4. The van der Waals surface area contributed by atoms with Gasteiger partial charge in [-0.3, -0.25) is 14.7 Å². The van der Waals surface area contributed by atoms with Crippen LogP contribution in [0.3, 0.4) is 0 Å². The minimum atomic E-state index is -5.02. The molecule has 2 aromatic rings. The van der Waals surface area contributed by atoms with Crippen LogP contribution in [0.25, 0.3) is 0 Å². The number of aryl methyl sites for hydroxylation is 1. The van der Waals surface area contributed by atoms with Crippen LogP contribution in [0.1, 0.15) is 17.8 Å². The number of imidazole rings is 1. The fourth-order valence-electron chi connectivity index (χ4n) is 3.30. The largest absolute Gasteiger partial charge is 0.425 e. The molecular formula is C18H22F3N5O2. The van der Waals surface area contributed by atoms with Crippen molar-refractivity contribution in [3.05, 3.63) is 48.3 Å². The van der Waals surface area contributed by atoms with Crippen LogP contribution in [0, 0.1) is 0 Å². The normalized spacial score (nSPS) is 18.1. The Morgan fingerprint density at radius 1 is 1.14 bits per heavy atom. The molecule has 0 radical (unpaired) electrons. The third kappa shape index (κ3) is 4.17. The van der Waals surface area contributed by atoms with E-state index in [-0.39, 0.29) is 0 Å². The first kappa shape index (κ1) is 20.3. The second kappa shape index (κ2) is 7.88. The number of hydrogen-bond acceptors (Lipinski definition) is 5. The molecule has 28 heavy (non-hydrogen) atoms. The minimum Gasteiger partial charge on any atom is -0.374 e. The van der Waals surface area contributed by atoms with Gasteiger partial charge < -0.3 is 14.6 Å². The summed E-state index contributed by atoms with van der Waals surface area (Å²) in [5.74, 6) is -1.34.